The first kappa shape index (κ1) is 23.4. The second-order valence-electron chi connectivity index (χ2n) is 7.37. The number of nitrogens with one attached hydrogen (secondary N) is 1. The molecule has 1 aromatic carbocycles. The van der Waals surface area contributed by atoms with Crippen LogP contribution in [0.15, 0.2) is 24.3 Å². The summed E-state index contributed by atoms with van der Waals surface area (Å²) in [6, 6.07) is 3.09. The van der Waals surface area contributed by atoms with Gasteiger partial charge in [-0.15, -0.1) is 11.8 Å². The Bertz CT molecular complexity index is 712. The number of thioether (sulfide) groups is 1. The molecule has 0 aromatic heterocycles. The molecule has 2 atom stereocenters. The fourth-order valence-corrected chi connectivity index (χ4v) is 4.60. The van der Waals surface area contributed by atoms with Crippen molar-refractivity contribution in [1.82, 2.24) is 4.90 Å². The smallest absolute Gasteiger partial charge is 0.416 e. The highest BCUT2D eigenvalue weighted by atomic mass is 32.2. The third-order valence-electron chi connectivity index (χ3n) is 4.46. The van der Waals surface area contributed by atoms with Gasteiger partial charge in [-0.25, -0.2) is 9.59 Å². The van der Waals surface area contributed by atoms with Crippen LogP contribution in [0.5, 0.6) is 0 Å². The van der Waals surface area contributed by atoms with E-state index in [2.05, 4.69) is 5.32 Å². The number of alkyl halides is 3. The van der Waals surface area contributed by atoms with Crippen LogP contribution in [-0.2, 0) is 15.7 Å². The van der Waals surface area contributed by atoms with Gasteiger partial charge in [0.1, 0.15) is 6.04 Å². The Morgan fingerprint density at radius 3 is 2.69 bits per heavy atom. The molecule has 162 valence electrons. The minimum atomic E-state index is -4.50. The van der Waals surface area contributed by atoms with E-state index in [0.717, 1.165) is 25.0 Å². The molecule has 29 heavy (non-hydrogen) atoms. The van der Waals surface area contributed by atoms with E-state index in [1.165, 1.54) is 28.8 Å². The molecule has 0 radical (unpaired) electrons. The Labute approximate surface area is 173 Å². The van der Waals surface area contributed by atoms with Gasteiger partial charge in [-0.2, -0.15) is 13.2 Å². The number of halogens is 3. The number of carbonyl (C=O) groups is 2. The van der Waals surface area contributed by atoms with E-state index in [1.807, 2.05) is 20.8 Å². The lowest BCUT2D eigenvalue weighted by atomic mass is 10.1. The maximum atomic E-state index is 12.9. The van der Waals surface area contributed by atoms with Crippen LogP contribution in [0.3, 0.4) is 0 Å². The Hall–Kier alpha value is -1.90. The first-order chi connectivity index (χ1) is 13.6. The number of ether oxygens (including phenoxy) is 1. The number of hydrogen-bond donors (Lipinski definition) is 1. The predicted octanol–water partition coefficient (Wildman–Crippen LogP) is 5.37. The summed E-state index contributed by atoms with van der Waals surface area (Å²) in [6.07, 6.45) is -2.23. The van der Waals surface area contributed by atoms with Crippen molar-refractivity contribution in [3.8, 4) is 0 Å². The molecule has 1 heterocycles. The van der Waals surface area contributed by atoms with E-state index in [9.17, 15) is 22.8 Å². The van der Waals surface area contributed by atoms with E-state index in [0.29, 0.717) is 12.2 Å². The SMILES string of the molecule is CCCCOC(=O)C1CSC(CC(C)C)N1C(=O)Nc1cccc(C(F)(F)F)c1. The van der Waals surface area contributed by atoms with Crippen LogP contribution in [0.25, 0.3) is 0 Å². The monoisotopic (exact) mass is 432 g/mol. The summed E-state index contributed by atoms with van der Waals surface area (Å²) in [5.41, 5.74) is -0.816. The molecule has 1 aliphatic heterocycles. The topological polar surface area (TPSA) is 58.6 Å². The molecular formula is C20H27F3N2O3S. The number of benzene rings is 1. The van der Waals surface area contributed by atoms with Gasteiger partial charge in [0, 0.05) is 11.4 Å². The van der Waals surface area contributed by atoms with Gasteiger partial charge in [-0.1, -0.05) is 33.3 Å². The van der Waals surface area contributed by atoms with Crippen LogP contribution in [0, 0.1) is 5.92 Å². The van der Waals surface area contributed by atoms with Gasteiger partial charge >= 0.3 is 18.2 Å². The molecule has 1 N–H and O–H groups in total. The molecule has 2 rings (SSSR count). The van der Waals surface area contributed by atoms with Crippen molar-refractivity contribution in [3.05, 3.63) is 29.8 Å². The molecule has 0 saturated carbocycles. The van der Waals surface area contributed by atoms with E-state index in [4.69, 9.17) is 4.74 Å². The molecule has 1 fully saturated rings. The summed E-state index contributed by atoms with van der Waals surface area (Å²) in [5, 5.41) is 2.27. The van der Waals surface area contributed by atoms with Crippen LogP contribution < -0.4 is 5.32 Å². The first-order valence-corrected chi connectivity index (χ1v) is 10.7. The second kappa shape index (κ2) is 10.2. The van der Waals surface area contributed by atoms with Gasteiger partial charge in [0.2, 0.25) is 0 Å². The number of amides is 2. The molecular weight excluding hydrogens is 405 g/mol. The normalized spacial score (nSPS) is 19.5. The average Bonchev–Trinajstić information content (AvgIpc) is 3.04. The van der Waals surface area contributed by atoms with Gasteiger partial charge in [0.25, 0.3) is 0 Å². The fourth-order valence-electron chi connectivity index (χ4n) is 2.98. The molecule has 0 bridgehead atoms. The zero-order valence-corrected chi connectivity index (χ0v) is 17.6. The van der Waals surface area contributed by atoms with Crippen LogP contribution >= 0.6 is 11.8 Å². The lowest BCUT2D eigenvalue weighted by molar-refractivity contribution is -0.148. The zero-order chi connectivity index (χ0) is 21.6. The van der Waals surface area contributed by atoms with E-state index < -0.39 is 29.8 Å². The standard InChI is InChI=1S/C20H27F3N2O3S/c1-4-5-9-28-18(26)16-12-29-17(10-13(2)3)25(16)19(27)24-15-8-6-7-14(11-15)20(21,22)23/h6-8,11,13,16-17H,4-5,9-10,12H2,1-3H3,(H,24,27). The van der Waals surface area contributed by atoms with Crippen molar-refractivity contribution in [3.63, 3.8) is 0 Å². The molecule has 5 nitrogen and oxygen atoms in total. The Morgan fingerprint density at radius 2 is 2.07 bits per heavy atom. The van der Waals surface area contributed by atoms with Crippen molar-refractivity contribution < 1.29 is 27.5 Å². The lowest BCUT2D eigenvalue weighted by Gasteiger charge is -2.29. The molecule has 1 aromatic rings. The van der Waals surface area contributed by atoms with E-state index >= 15 is 0 Å². The van der Waals surface area contributed by atoms with Crippen LogP contribution in [0.4, 0.5) is 23.7 Å². The van der Waals surface area contributed by atoms with Crippen molar-refractivity contribution in [1.29, 1.82) is 0 Å². The quantitative estimate of drug-likeness (QED) is 0.465. The van der Waals surface area contributed by atoms with E-state index in [-0.39, 0.29) is 23.6 Å². The summed E-state index contributed by atoms with van der Waals surface area (Å²) in [7, 11) is 0. The van der Waals surface area contributed by atoms with Crippen molar-refractivity contribution in [2.45, 2.75) is 57.6 Å². The van der Waals surface area contributed by atoms with Crippen LogP contribution in [0.1, 0.15) is 45.6 Å². The van der Waals surface area contributed by atoms with Crippen molar-refractivity contribution >= 4 is 29.4 Å². The highest BCUT2D eigenvalue weighted by molar-refractivity contribution is 8.00. The van der Waals surface area contributed by atoms with Crippen molar-refractivity contribution in [2.75, 3.05) is 17.7 Å². The number of nitrogens with zero attached hydrogens (tertiary/aromatic N) is 1. The first-order valence-electron chi connectivity index (χ1n) is 9.68. The molecule has 0 spiro atoms. The number of carbonyl (C=O) groups excluding carboxylic acids is 2. The summed E-state index contributed by atoms with van der Waals surface area (Å²) in [6.45, 7) is 6.29. The van der Waals surface area contributed by atoms with Gasteiger partial charge in [-0.05, 0) is 37.0 Å². The Balaban J connectivity index is 2.17. The maximum Gasteiger partial charge on any atom is 0.416 e. The number of unbranched alkanes of at least 4 members (excludes halogenated alkanes) is 1. The van der Waals surface area contributed by atoms with Gasteiger partial charge in [-0.3, -0.25) is 4.90 Å². The number of esters is 1. The fraction of sp³-hybridized carbons (Fsp3) is 0.600. The average molecular weight is 433 g/mol. The Morgan fingerprint density at radius 1 is 1.34 bits per heavy atom. The molecule has 9 heteroatoms. The van der Waals surface area contributed by atoms with Crippen LogP contribution in [-0.4, -0.2) is 40.7 Å². The molecule has 2 unspecified atom stereocenters. The third-order valence-corrected chi connectivity index (χ3v) is 5.77. The van der Waals surface area contributed by atoms with Gasteiger partial charge in [0.15, 0.2) is 0 Å². The maximum absolute atomic E-state index is 12.9. The summed E-state index contributed by atoms with van der Waals surface area (Å²) in [5.74, 6) is 0.209. The highest BCUT2D eigenvalue weighted by Crippen LogP contribution is 2.35. The van der Waals surface area contributed by atoms with Crippen LogP contribution in [0.2, 0.25) is 0 Å². The summed E-state index contributed by atoms with van der Waals surface area (Å²) >= 11 is 1.49. The summed E-state index contributed by atoms with van der Waals surface area (Å²) in [4.78, 5) is 26.8. The summed E-state index contributed by atoms with van der Waals surface area (Å²) < 4.78 is 44.1. The second-order valence-corrected chi connectivity index (χ2v) is 8.58. The lowest BCUT2D eigenvalue weighted by Crippen LogP contribution is -2.48. The minimum absolute atomic E-state index is 0.0307. The van der Waals surface area contributed by atoms with E-state index in [1.54, 1.807) is 0 Å². The Kier molecular flexibility index (Phi) is 8.24. The highest BCUT2D eigenvalue weighted by Gasteiger charge is 2.42. The number of rotatable bonds is 7. The zero-order valence-electron chi connectivity index (χ0n) is 16.8. The van der Waals surface area contributed by atoms with Gasteiger partial charge in [0.05, 0.1) is 17.5 Å². The number of hydrogen-bond acceptors (Lipinski definition) is 4. The molecule has 1 saturated heterocycles. The number of urea groups is 1. The number of anilines is 1. The molecule has 2 amide bonds. The predicted molar refractivity (Wildman–Crippen MR) is 108 cm³/mol. The largest absolute Gasteiger partial charge is 0.464 e. The minimum Gasteiger partial charge on any atom is -0.464 e. The third kappa shape index (κ3) is 6.55. The van der Waals surface area contributed by atoms with Gasteiger partial charge < -0.3 is 10.1 Å². The molecule has 1 aliphatic rings. The molecule has 0 aliphatic carbocycles. The van der Waals surface area contributed by atoms with Crippen molar-refractivity contribution in [2.24, 2.45) is 5.92 Å².